The lowest BCUT2D eigenvalue weighted by Gasteiger charge is -2.34. The molecule has 96 valence electrons. The number of hydrogen-bond donors (Lipinski definition) is 0. The molecule has 0 aromatic heterocycles. The van der Waals surface area contributed by atoms with Gasteiger partial charge in [0.15, 0.2) is 0 Å². The number of rotatable bonds is 4. The zero-order valence-electron chi connectivity index (χ0n) is 11.0. The van der Waals surface area contributed by atoms with E-state index in [1.165, 1.54) is 0 Å². The number of hydrogen-bond acceptors (Lipinski definition) is 2. The second-order valence-electron chi connectivity index (χ2n) is 5.75. The van der Waals surface area contributed by atoms with E-state index in [0.717, 1.165) is 13.0 Å². The molecule has 1 aliphatic rings. The van der Waals surface area contributed by atoms with Crippen LogP contribution in [-0.2, 0) is 0 Å². The predicted molar refractivity (Wildman–Crippen MR) is 63.0 cm³/mol. The molecule has 1 atom stereocenters. The third-order valence-electron chi connectivity index (χ3n) is 3.59. The highest BCUT2D eigenvalue weighted by Crippen LogP contribution is 2.32. The van der Waals surface area contributed by atoms with Crippen molar-refractivity contribution in [3.05, 3.63) is 0 Å². The summed E-state index contributed by atoms with van der Waals surface area (Å²) in [5, 5.41) is 0. The molecule has 0 bridgehead atoms. The van der Waals surface area contributed by atoms with Crippen LogP contribution in [0.3, 0.4) is 0 Å². The SMILES string of the molecule is CC(C)N1C[C@H](N(C)CC(F)F)CC1(C)C. The molecule has 0 aromatic carbocycles. The lowest BCUT2D eigenvalue weighted by molar-refractivity contribution is 0.0808. The smallest absolute Gasteiger partial charge is 0.251 e. The van der Waals surface area contributed by atoms with Gasteiger partial charge in [-0.15, -0.1) is 0 Å². The lowest BCUT2D eigenvalue weighted by Crippen LogP contribution is -2.43. The van der Waals surface area contributed by atoms with Gasteiger partial charge in [-0.05, 0) is 41.2 Å². The van der Waals surface area contributed by atoms with Crippen LogP contribution in [0.5, 0.6) is 0 Å². The summed E-state index contributed by atoms with van der Waals surface area (Å²) in [7, 11) is 1.80. The summed E-state index contributed by atoms with van der Waals surface area (Å²) in [6, 6.07) is 0.728. The Labute approximate surface area is 97.6 Å². The Morgan fingerprint density at radius 3 is 2.31 bits per heavy atom. The van der Waals surface area contributed by atoms with Crippen LogP contribution in [-0.4, -0.2) is 54.0 Å². The van der Waals surface area contributed by atoms with E-state index in [0.29, 0.717) is 6.04 Å². The van der Waals surface area contributed by atoms with Crippen LogP contribution in [0.4, 0.5) is 8.78 Å². The van der Waals surface area contributed by atoms with E-state index in [1.807, 2.05) is 0 Å². The van der Waals surface area contributed by atoms with E-state index >= 15 is 0 Å². The molecular formula is C12H24F2N2. The first-order valence-corrected chi connectivity index (χ1v) is 5.99. The first-order valence-electron chi connectivity index (χ1n) is 5.99. The van der Waals surface area contributed by atoms with Gasteiger partial charge in [-0.3, -0.25) is 9.80 Å². The van der Waals surface area contributed by atoms with Gasteiger partial charge in [0, 0.05) is 24.2 Å². The largest absolute Gasteiger partial charge is 0.296 e. The van der Waals surface area contributed by atoms with Crippen molar-refractivity contribution >= 4 is 0 Å². The van der Waals surface area contributed by atoms with Gasteiger partial charge in [0.1, 0.15) is 0 Å². The van der Waals surface area contributed by atoms with Crippen LogP contribution in [0.1, 0.15) is 34.1 Å². The molecule has 1 aliphatic heterocycles. The monoisotopic (exact) mass is 234 g/mol. The van der Waals surface area contributed by atoms with Gasteiger partial charge < -0.3 is 0 Å². The van der Waals surface area contributed by atoms with Gasteiger partial charge in [0.05, 0.1) is 6.54 Å². The highest BCUT2D eigenvalue weighted by molar-refractivity contribution is 4.97. The molecule has 0 aromatic rings. The molecule has 0 radical (unpaired) electrons. The molecule has 1 saturated heterocycles. The van der Waals surface area contributed by atoms with Crippen LogP contribution in [0.15, 0.2) is 0 Å². The third-order valence-corrected chi connectivity index (χ3v) is 3.59. The maximum absolute atomic E-state index is 12.3. The molecule has 2 nitrogen and oxygen atoms in total. The molecule has 0 spiro atoms. The number of halogens is 2. The van der Waals surface area contributed by atoms with E-state index in [-0.39, 0.29) is 18.1 Å². The van der Waals surface area contributed by atoms with E-state index < -0.39 is 6.43 Å². The first kappa shape index (κ1) is 13.8. The Kier molecular flexibility index (Phi) is 4.29. The minimum absolute atomic E-state index is 0.118. The van der Waals surface area contributed by atoms with Gasteiger partial charge in [-0.2, -0.15) is 0 Å². The highest BCUT2D eigenvalue weighted by atomic mass is 19.3. The van der Waals surface area contributed by atoms with Crippen molar-refractivity contribution in [2.75, 3.05) is 20.1 Å². The summed E-state index contributed by atoms with van der Waals surface area (Å²) in [4.78, 5) is 4.20. The predicted octanol–water partition coefficient (Wildman–Crippen LogP) is 2.44. The second kappa shape index (κ2) is 4.96. The third kappa shape index (κ3) is 3.14. The zero-order valence-corrected chi connectivity index (χ0v) is 11.0. The van der Waals surface area contributed by atoms with Crippen molar-refractivity contribution < 1.29 is 8.78 Å². The topological polar surface area (TPSA) is 6.48 Å². The quantitative estimate of drug-likeness (QED) is 0.737. The van der Waals surface area contributed by atoms with Crippen molar-refractivity contribution in [2.24, 2.45) is 0 Å². The van der Waals surface area contributed by atoms with Crippen LogP contribution in [0.2, 0.25) is 0 Å². The van der Waals surface area contributed by atoms with E-state index in [4.69, 9.17) is 0 Å². The van der Waals surface area contributed by atoms with Gasteiger partial charge >= 0.3 is 0 Å². The molecule has 1 fully saturated rings. The van der Waals surface area contributed by atoms with E-state index in [9.17, 15) is 8.78 Å². The lowest BCUT2D eigenvalue weighted by atomic mass is 9.99. The molecule has 4 heteroatoms. The summed E-state index contributed by atoms with van der Waals surface area (Å²) in [5.41, 5.74) is 0.120. The molecule has 1 rings (SSSR count). The molecular weight excluding hydrogens is 210 g/mol. The van der Waals surface area contributed by atoms with Crippen LogP contribution in [0, 0.1) is 0 Å². The summed E-state index contributed by atoms with van der Waals surface area (Å²) >= 11 is 0. The second-order valence-corrected chi connectivity index (χ2v) is 5.75. The molecule has 0 unspecified atom stereocenters. The normalized spacial score (nSPS) is 26.2. The van der Waals surface area contributed by atoms with Gasteiger partial charge in [0.2, 0.25) is 0 Å². The van der Waals surface area contributed by atoms with Crippen molar-refractivity contribution in [1.82, 2.24) is 9.80 Å². The van der Waals surface area contributed by atoms with E-state index in [1.54, 1.807) is 11.9 Å². The standard InChI is InChI=1S/C12H24F2N2/c1-9(2)16-7-10(6-12(16,3)4)15(5)8-11(13)14/h9-11H,6-8H2,1-5H3/t10-/m1/s1. The fraction of sp³-hybridized carbons (Fsp3) is 1.00. The molecule has 0 saturated carbocycles. The molecule has 0 aliphatic carbocycles. The Balaban J connectivity index is 2.61. The average Bonchev–Trinajstić information content (AvgIpc) is 2.40. The summed E-state index contributed by atoms with van der Waals surface area (Å²) in [6.07, 6.45) is -1.27. The first-order chi connectivity index (χ1) is 7.24. The average molecular weight is 234 g/mol. The van der Waals surface area contributed by atoms with Crippen molar-refractivity contribution in [1.29, 1.82) is 0 Å². The van der Waals surface area contributed by atoms with Gasteiger partial charge in [0.25, 0.3) is 6.43 Å². The van der Waals surface area contributed by atoms with Crippen molar-refractivity contribution in [3.63, 3.8) is 0 Å². The molecule has 0 amide bonds. The molecule has 0 N–H and O–H groups in total. The fourth-order valence-electron chi connectivity index (χ4n) is 2.80. The fourth-order valence-corrected chi connectivity index (χ4v) is 2.80. The van der Waals surface area contributed by atoms with E-state index in [2.05, 4.69) is 32.6 Å². The van der Waals surface area contributed by atoms with Gasteiger partial charge in [-0.25, -0.2) is 8.78 Å². The minimum Gasteiger partial charge on any atom is -0.296 e. The maximum Gasteiger partial charge on any atom is 0.251 e. The summed E-state index contributed by atoms with van der Waals surface area (Å²) in [6.45, 7) is 9.50. The number of likely N-dealkylation sites (tertiary alicyclic amines) is 1. The molecule has 16 heavy (non-hydrogen) atoms. The number of nitrogens with zero attached hydrogens (tertiary/aromatic N) is 2. The summed E-state index contributed by atoms with van der Waals surface area (Å²) in [5.74, 6) is 0. The van der Waals surface area contributed by atoms with Gasteiger partial charge in [-0.1, -0.05) is 0 Å². The zero-order chi connectivity index (χ0) is 12.5. The van der Waals surface area contributed by atoms with Crippen LogP contribution >= 0.6 is 0 Å². The number of alkyl halides is 2. The highest BCUT2D eigenvalue weighted by Gasteiger charge is 2.41. The molecule has 1 heterocycles. The van der Waals surface area contributed by atoms with Crippen LogP contribution in [0.25, 0.3) is 0 Å². The summed E-state index contributed by atoms with van der Waals surface area (Å²) < 4.78 is 24.7. The Hall–Kier alpha value is -0.220. The maximum atomic E-state index is 12.3. The van der Waals surface area contributed by atoms with Crippen LogP contribution < -0.4 is 0 Å². The Bertz CT molecular complexity index is 229. The van der Waals surface area contributed by atoms with Crippen molar-refractivity contribution in [3.8, 4) is 0 Å². The minimum atomic E-state index is -2.23. The van der Waals surface area contributed by atoms with Crippen molar-refractivity contribution in [2.45, 2.75) is 58.2 Å². The Morgan fingerprint density at radius 2 is 1.94 bits per heavy atom. The number of likely N-dealkylation sites (N-methyl/N-ethyl adjacent to an activating group) is 1. The Morgan fingerprint density at radius 1 is 1.38 bits per heavy atom.